The lowest BCUT2D eigenvalue weighted by Gasteiger charge is -2.05. The molecule has 1 aliphatic heterocycles. The molecule has 19 nitrogen and oxygen atoms in total. The summed E-state index contributed by atoms with van der Waals surface area (Å²) in [6.07, 6.45) is 10.2. The largest absolute Gasteiger partial charge is 0.351 e. The van der Waals surface area contributed by atoms with Crippen LogP contribution in [0.15, 0.2) is 142 Å². The maximum atomic E-state index is 12.2. The van der Waals surface area contributed by atoms with Crippen LogP contribution in [0.3, 0.4) is 0 Å². The number of hydrogen-bond donors (Lipinski definition) is 9. The van der Waals surface area contributed by atoms with Gasteiger partial charge in [-0.15, -0.1) is 34.0 Å². The van der Waals surface area contributed by atoms with Crippen LogP contribution in [0.2, 0.25) is 0 Å². The third-order valence-electron chi connectivity index (χ3n) is 11.8. The molecule has 0 aliphatic carbocycles. The molecule has 1 aromatic carbocycles. The Balaban J connectivity index is 0.000000155. The van der Waals surface area contributed by atoms with Crippen molar-refractivity contribution >= 4 is 74.8 Å². The third-order valence-corrected chi connectivity index (χ3v) is 14.5. The van der Waals surface area contributed by atoms with E-state index in [0.29, 0.717) is 43.3 Å². The second-order valence-corrected chi connectivity index (χ2v) is 20.3. The number of carbonyl (C=O) groups is 4. The van der Waals surface area contributed by atoms with E-state index in [1.165, 1.54) is 5.57 Å². The molecule has 3 amide bonds. The Hall–Kier alpha value is -7.99. The fourth-order valence-corrected chi connectivity index (χ4v) is 9.92. The standard InChI is InChI=1S/C22H23N5O2S.C17H19N5OS.C16H19N5OS/c1-15(28)27-14-16(17-6-2-3-7-20(17)27)13-23-9-5-10-24-22(29)19-12-18(25-26-19)21-8-4-11-30-21;23-17(15-11-14(21-22-15)16-6-3-10-24-16)20-9-4-7-18-12-13-5-1-2-8-19-13;22-16(14-9-13(20-21-14)15-3-1-8-23-15)19-6-2-5-17-10-12-4-7-18-11-12/h2-4,6-8,11-12,14,23H,5,9-10,13H2,1H3,(H,24,29)(H,25,26);1-3,5-6,8,10-11,18H,4,7,9,12H2,(H,20,23)(H,21,22);1,3-4,8-9,11,17H,2,5-7,10H2,(H,19,22)(H,20,21). The highest BCUT2D eigenvalue weighted by atomic mass is 32.1. The molecular weight excluding hydrogens is 1030 g/mol. The molecule has 22 heteroatoms. The number of aromatic nitrogens is 8. The van der Waals surface area contributed by atoms with Crippen LogP contribution in [0.1, 0.15) is 73.7 Å². The van der Waals surface area contributed by atoms with Crippen molar-refractivity contribution in [2.45, 2.75) is 39.3 Å². The highest BCUT2D eigenvalue weighted by molar-refractivity contribution is 7.14. The van der Waals surface area contributed by atoms with Gasteiger partial charge in [-0.1, -0.05) is 48.5 Å². The highest BCUT2D eigenvalue weighted by Gasteiger charge is 2.15. The molecule has 0 bridgehead atoms. The zero-order chi connectivity index (χ0) is 53.4. The first kappa shape index (κ1) is 55.2. The Morgan fingerprint density at radius 3 is 1.52 bits per heavy atom. The van der Waals surface area contributed by atoms with E-state index in [9.17, 15) is 19.2 Å². The van der Waals surface area contributed by atoms with Crippen LogP contribution in [0.4, 0.5) is 0 Å². The molecule has 0 unspecified atom stereocenters. The molecule has 0 saturated heterocycles. The SMILES string of the molecule is CC(=O)n1cc(CNCCCNC(=O)c2cc(-c3cccs3)[nH]n2)c2ccccc21.O=C(NCCCNCC1=CCN=C1)c1cc(-c2cccs2)[nH]n1.O=C(NCCCNCc1ccccn1)c1cc(-c2cccs2)[nH]n1. The van der Waals surface area contributed by atoms with E-state index in [4.69, 9.17) is 0 Å². The van der Waals surface area contributed by atoms with E-state index >= 15 is 0 Å². The number of H-pyrrole nitrogens is 3. The number of benzene rings is 1. The van der Waals surface area contributed by atoms with Crippen molar-refractivity contribution in [2.24, 2.45) is 4.99 Å². The zero-order valence-corrected chi connectivity index (χ0v) is 45.0. The average molecular weight is 1090 g/mol. The molecule has 10 rings (SSSR count). The lowest BCUT2D eigenvalue weighted by Crippen LogP contribution is -2.28. The van der Waals surface area contributed by atoms with Gasteiger partial charge in [-0.2, -0.15) is 15.3 Å². The molecule has 1 aliphatic rings. The summed E-state index contributed by atoms with van der Waals surface area (Å²) in [6.45, 7) is 8.81. The fourth-order valence-electron chi connectivity index (χ4n) is 7.84. The number of fused-ring (bicyclic) bond motifs is 1. The third kappa shape index (κ3) is 16.8. The van der Waals surface area contributed by atoms with Gasteiger partial charge in [0.2, 0.25) is 5.91 Å². The van der Waals surface area contributed by atoms with Crippen molar-refractivity contribution in [2.75, 3.05) is 52.4 Å². The minimum absolute atomic E-state index is 0.000708. The molecule has 9 N–H and O–H groups in total. The minimum atomic E-state index is -0.182. The van der Waals surface area contributed by atoms with Crippen LogP contribution in [-0.2, 0) is 13.1 Å². The first-order valence-electron chi connectivity index (χ1n) is 25.2. The molecule has 77 heavy (non-hydrogen) atoms. The number of carbonyl (C=O) groups excluding carboxylic acids is 4. The zero-order valence-electron chi connectivity index (χ0n) is 42.5. The Morgan fingerprint density at radius 1 is 0.571 bits per heavy atom. The molecule has 0 saturated carbocycles. The first-order valence-corrected chi connectivity index (χ1v) is 27.9. The second kappa shape index (κ2) is 29.3. The number of thiophene rings is 3. The Bertz CT molecular complexity index is 3300. The number of amides is 3. The van der Waals surface area contributed by atoms with E-state index in [-0.39, 0.29) is 23.6 Å². The number of pyridine rings is 1. The van der Waals surface area contributed by atoms with Crippen molar-refractivity contribution in [3.63, 3.8) is 0 Å². The summed E-state index contributed by atoms with van der Waals surface area (Å²) in [5.41, 5.74) is 8.08. The summed E-state index contributed by atoms with van der Waals surface area (Å²) in [5, 5.41) is 46.7. The highest BCUT2D eigenvalue weighted by Crippen LogP contribution is 2.25. The quantitative estimate of drug-likeness (QED) is 0.0262. The summed E-state index contributed by atoms with van der Waals surface area (Å²) < 4.78 is 1.68. The van der Waals surface area contributed by atoms with Gasteiger partial charge in [0.1, 0.15) is 0 Å². The van der Waals surface area contributed by atoms with E-state index in [1.54, 1.807) is 69.9 Å². The minimum Gasteiger partial charge on any atom is -0.351 e. The van der Waals surface area contributed by atoms with Crippen LogP contribution in [0.5, 0.6) is 0 Å². The summed E-state index contributed by atoms with van der Waals surface area (Å²) >= 11 is 4.82. The van der Waals surface area contributed by atoms with Gasteiger partial charge in [0.05, 0.1) is 49.5 Å². The van der Waals surface area contributed by atoms with Crippen LogP contribution < -0.4 is 31.9 Å². The van der Waals surface area contributed by atoms with Gasteiger partial charge in [-0.25, -0.2) is 0 Å². The number of rotatable bonds is 24. The van der Waals surface area contributed by atoms with E-state index in [0.717, 1.165) is 112 Å². The van der Waals surface area contributed by atoms with Crippen molar-refractivity contribution in [1.29, 1.82) is 0 Å². The van der Waals surface area contributed by atoms with Gasteiger partial charge in [0.25, 0.3) is 17.7 Å². The van der Waals surface area contributed by atoms with E-state index in [1.807, 2.05) is 107 Å². The number of aromatic amines is 3. The van der Waals surface area contributed by atoms with Crippen molar-refractivity contribution in [3.05, 3.63) is 166 Å². The molecule has 8 aromatic heterocycles. The van der Waals surface area contributed by atoms with Gasteiger partial charge in [0, 0.05) is 70.2 Å². The Kier molecular flexibility index (Phi) is 21.1. The van der Waals surface area contributed by atoms with E-state index < -0.39 is 0 Å². The molecule has 0 spiro atoms. The van der Waals surface area contributed by atoms with Crippen molar-refractivity contribution < 1.29 is 19.2 Å². The number of nitrogens with zero attached hydrogens (tertiary/aromatic N) is 6. The summed E-state index contributed by atoms with van der Waals surface area (Å²) in [4.78, 5) is 59.8. The Labute approximate surface area is 457 Å². The van der Waals surface area contributed by atoms with Crippen LogP contribution in [0.25, 0.3) is 42.6 Å². The van der Waals surface area contributed by atoms with Crippen LogP contribution in [0, 0.1) is 0 Å². The van der Waals surface area contributed by atoms with Crippen molar-refractivity contribution in [3.8, 4) is 31.7 Å². The van der Waals surface area contributed by atoms with E-state index in [2.05, 4.69) is 78.5 Å². The predicted molar refractivity (Wildman–Crippen MR) is 307 cm³/mol. The first-order chi connectivity index (χ1) is 37.8. The molecule has 0 atom stereocenters. The fraction of sp³-hybridized carbons (Fsp3) is 0.255. The molecule has 9 aromatic rings. The Morgan fingerprint density at radius 2 is 1.06 bits per heavy atom. The van der Waals surface area contributed by atoms with Gasteiger partial charge in [-0.3, -0.25) is 49.0 Å². The number of nitrogens with one attached hydrogen (secondary N) is 9. The predicted octanol–water partition coefficient (Wildman–Crippen LogP) is 7.96. The van der Waals surface area contributed by atoms with Gasteiger partial charge in [-0.05, 0) is 121 Å². The normalized spacial score (nSPS) is 11.6. The monoisotopic (exact) mass is 1090 g/mol. The van der Waals surface area contributed by atoms with Crippen LogP contribution >= 0.6 is 34.0 Å². The second-order valence-electron chi connectivity index (χ2n) is 17.4. The summed E-state index contributed by atoms with van der Waals surface area (Å²) in [7, 11) is 0. The van der Waals surface area contributed by atoms with Crippen molar-refractivity contribution in [1.82, 2.24) is 72.0 Å². The van der Waals surface area contributed by atoms with Crippen LogP contribution in [-0.4, -0.2) is 122 Å². The van der Waals surface area contributed by atoms with Gasteiger partial charge in [0.15, 0.2) is 17.1 Å². The average Bonchev–Trinajstić information content (AvgIpc) is 4.31. The molecular formula is C55H61N15O4S3. The summed E-state index contributed by atoms with van der Waals surface area (Å²) in [5.74, 6) is -0.479. The molecule has 0 radical (unpaired) electrons. The number of hydrogen-bond acceptors (Lipinski definition) is 15. The lowest BCUT2D eigenvalue weighted by atomic mass is 10.2. The number of aliphatic imine (C=N–C) groups is 1. The smallest absolute Gasteiger partial charge is 0.271 e. The molecule has 9 heterocycles. The summed E-state index contributed by atoms with van der Waals surface area (Å²) in [6, 6.07) is 31.0. The molecule has 0 fully saturated rings. The van der Waals surface area contributed by atoms with Gasteiger partial charge < -0.3 is 31.9 Å². The topological polar surface area (TPSA) is 257 Å². The molecule has 398 valence electrons. The lowest BCUT2D eigenvalue weighted by molar-refractivity contribution is 0.0934. The number of para-hydroxylation sites is 1. The maximum Gasteiger partial charge on any atom is 0.271 e. The van der Waals surface area contributed by atoms with Gasteiger partial charge >= 0.3 is 0 Å². The maximum absolute atomic E-state index is 12.2.